The number of nitrogens with one attached hydrogen (secondary N) is 1. The van der Waals surface area contributed by atoms with Gasteiger partial charge in [-0.05, 0) is 36.8 Å². The van der Waals surface area contributed by atoms with E-state index in [4.69, 9.17) is 4.42 Å². The molecule has 0 atom stereocenters. The van der Waals surface area contributed by atoms with Crippen molar-refractivity contribution < 1.29 is 4.42 Å². The standard InChI is InChI=1S/C18H17N3O/c1-2-3-8-17-19-13-10-9-12(11-15(13)20-17)18-21-14-6-4-5-7-16(14)22-18/h4-7,9-11H,2-3,8H2,1H3,(H,19,20). The molecule has 0 saturated heterocycles. The molecule has 0 unspecified atom stereocenters. The lowest BCUT2D eigenvalue weighted by atomic mass is 10.2. The molecular formula is C18H17N3O. The van der Waals surface area contributed by atoms with Crippen LogP contribution in [0.25, 0.3) is 33.6 Å². The number of benzene rings is 2. The number of H-pyrrole nitrogens is 1. The molecule has 0 spiro atoms. The Labute approximate surface area is 128 Å². The summed E-state index contributed by atoms with van der Waals surface area (Å²) in [5, 5.41) is 0. The SMILES string of the molecule is CCCCc1nc2ccc(-c3nc4ccccc4o3)cc2[nH]1. The van der Waals surface area contributed by atoms with Crippen LogP contribution in [0.15, 0.2) is 46.9 Å². The summed E-state index contributed by atoms with van der Waals surface area (Å²) in [6.45, 7) is 2.19. The highest BCUT2D eigenvalue weighted by Crippen LogP contribution is 2.26. The lowest BCUT2D eigenvalue weighted by Crippen LogP contribution is -1.86. The first-order valence-corrected chi connectivity index (χ1v) is 7.68. The van der Waals surface area contributed by atoms with E-state index in [2.05, 4.69) is 27.9 Å². The van der Waals surface area contributed by atoms with Crippen molar-refractivity contribution in [3.63, 3.8) is 0 Å². The fourth-order valence-electron chi connectivity index (χ4n) is 2.65. The smallest absolute Gasteiger partial charge is 0.227 e. The van der Waals surface area contributed by atoms with E-state index in [-0.39, 0.29) is 0 Å². The monoisotopic (exact) mass is 291 g/mol. The molecule has 110 valence electrons. The Hall–Kier alpha value is -2.62. The second-order valence-corrected chi connectivity index (χ2v) is 5.51. The predicted octanol–water partition coefficient (Wildman–Crippen LogP) is 4.71. The fourth-order valence-corrected chi connectivity index (χ4v) is 2.65. The Morgan fingerprint density at radius 1 is 1.05 bits per heavy atom. The van der Waals surface area contributed by atoms with Gasteiger partial charge in [0.25, 0.3) is 0 Å². The Morgan fingerprint density at radius 3 is 2.82 bits per heavy atom. The quantitative estimate of drug-likeness (QED) is 0.592. The fraction of sp³-hybridized carbons (Fsp3) is 0.222. The van der Waals surface area contributed by atoms with Gasteiger partial charge in [-0.2, -0.15) is 0 Å². The van der Waals surface area contributed by atoms with Crippen molar-refractivity contribution in [2.75, 3.05) is 0 Å². The van der Waals surface area contributed by atoms with E-state index >= 15 is 0 Å². The third-order valence-corrected chi connectivity index (χ3v) is 3.84. The average Bonchev–Trinajstić information content (AvgIpc) is 3.15. The average molecular weight is 291 g/mol. The second-order valence-electron chi connectivity index (χ2n) is 5.51. The molecule has 0 aliphatic heterocycles. The van der Waals surface area contributed by atoms with Gasteiger partial charge in [0.15, 0.2) is 5.58 Å². The highest BCUT2D eigenvalue weighted by molar-refractivity contribution is 5.82. The molecule has 0 radical (unpaired) electrons. The van der Waals surface area contributed by atoms with E-state index < -0.39 is 0 Å². The van der Waals surface area contributed by atoms with Gasteiger partial charge < -0.3 is 9.40 Å². The van der Waals surface area contributed by atoms with E-state index in [0.717, 1.165) is 46.4 Å². The number of hydrogen-bond acceptors (Lipinski definition) is 3. The lowest BCUT2D eigenvalue weighted by Gasteiger charge is -1.94. The summed E-state index contributed by atoms with van der Waals surface area (Å²) in [5.41, 5.74) is 4.68. The third-order valence-electron chi connectivity index (χ3n) is 3.84. The van der Waals surface area contributed by atoms with Crippen molar-refractivity contribution in [3.8, 4) is 11.5 Å². The van der Waals surface area contributed by atoms with Crippen molar-refractivity contribution >= 4 is 22.1 Å². The first kappa shape index (κ1) is 13.1. The van der Waals surface area contributed by atoms with Gasteiger partial charge in [0, 0.05) is 12.0 Å². The predicted molar refractivity (Wildman–Crippen MR) is 87.7 cm³/mol. The van der Waals surface area contributed by atoms with Gasteiger partial charge in [0.2, 0.25) is 5.89 Å². The number of aromatic amines is 1. The molecule has 0 saturated carbocycles. The van der Waals surface area contributed by atoms with Crippen LogP contribution in [-0.4, -0.2) is 15.0 Å². The van der Waals surface area contributed by atoms with Crippen molar-refractivity contribution in [1.29, 1.82) is 0 Å². The molecule has 0 aliphatic carbocycles. The van der Waals surface area contributed by atoms with Gasteiger partial charge in [-0.25, -0.2) is 9.97 Å². The number of oxazole rings is 1. The van der Waals surface area contributed by atoms with Crippen LogP contribution >= 0.6 is 0 Å². The maximum absolute atomic E-state index is 5.83. The molecule has 2 aromatic heterocycles. The molecule has 0 bridgehead atoms. The molecule has 1 N–H and O–H groups in total. The summed E-state index contributed by atoms with van der Waals surface area (Å²) < 4.78 is 5.83. The third kappa shape index (κ3) is 2.26. The van der Waals surface area contributed by atoms with Gasteiger partial charge in [0.05, 0.1) is 11.0 Å². The molecule has 0 aliphatic rings. The Kier molecular flexibility index (Phi) is 3.15. The van der Waals surface area contributed by atoms with Crippen molar-refractivity contribution in [2.45, 2.75) is 26.2 Å². The molecule has 22 heavy (non-hydrogen) atoms. The summed E-state index contributed by atoms with van der Waals surface area (Å²) in [6.07, 6.45) is 3.31. The van der Waals surface area contributed by atoms with E-state index in [1.54, 1.807) is 0 Å². The van der Waals surface area contributed by atoms with Crippen LogP contribution in [0.1, 0.15) is 25.6 Å². The van der Waals surface area contributed by atoms with Crippen molar-refractivity contribution in [3.05, 3.63) is 48.3 Å². The van der Waals surface area contributed by atoms with Crippen LogP contribution in [0.3, 0.4) is 0 Å². The van der Waals surface area contributed by atoms with E-state index in [9.17, 15) is 0 Å². The summed E-state index contributed by atoms with van der Waals surface area (Å²) in [4.78, 5) is 12.6. The molecule has 2 heterocycles. The van der Waals surface area contributed by atoms with Gasteiger partial charge in [-0.15, -0.1) is 0 Å². The summed E-state index contributed by atoms with van der Waals surface area (Å²) in [6, 6.07) is 13.9. The van der Waals surface area contributed by atoms with Crippen LogP contribution < -0.4 is 0 Å². The number of aryl methyl sites for hydroxylation is 1. The topological polar surface area (TPSA) is 54.7 Å². The highest BCUT2D eigenvalue weighted by Gasteiger charge is 2.10. The summed E-state index contributed by atoms with van der Waals surface area (Å²) in [7, 11) is 0. The molecule has 0 amide bonds. The first-order chi connectivity index (χ1) is 10.8. The normalized spacial score (nSPS) is 11.5. The Morgan fingerprint density at radius 2 is 1.95 bits per heavy atom. The largest absolute Gasteiger partial charge is 0.436 e. The van der Waals surface area contributed by atoms with E-state index in [0.29, 0.717) is 5.89 Å². The molecule has 4 rings (SSSR count). The van der Waals surface area contributed by atoms with Gasteiger partial charge in [-0.3, -0.25) is 0 Å². The molecule has 4 heteroatoms. The van der Waals surface area contributed by atoms with Gasteiger partial charge in [0.1, 0.15) is 11.3 Å². The van der Waals surface area contributed by atoms with Crippen LogP contribution in [-0.2, 0) is 6.42 Å². The number of unbranched alkanes of at least 4 members (excludes halogenated alkanes) is 1. The highest BCUT2D eigenvalue weighted by atomic mass is 16.3. The Balaban J connectivity index is 1.74. The zero-order valence-electron chi connectivity index (χ0n) is 12.5. The minimum atomic E-state index is 0.646. The number of nitrogens with zero attached hydrogens (tertiary/aromatic N) is 2. The molecule has 2 aromatic carbocycles. The minimum absolute atomic E-state index is 0.646. The van der Waals surface area contributed by atoms with Gasteiger partial charge >= 0.3 is 0 Å². The maximum Gasteiger partial charge on any atom is 0.227 e. The molecule has 4 nitrogen and oxygen atoms in total. The number of aromatic nitrogens is 3. The lowest BCUT2D eigenvalue weighted by molar-refractivity contribution is 0.620. The van der Waals surface area contributed by atoms with E-state index in [1.165, 1.54) is 6.42 Å². The number of imidazole rings is 1. The van der Waals surface area contributed by atoms with Crippen LogP contribution in [0.5, 0.6) is 0 Å². The number of fused-ring (bicyclic) bond motifs is 2. The number of hydrogen-bond donors (Lipinski definition) is 1. The molecule has 0 fully saturated rings. The zero-order chi connectivity index (χ0) is 14.9. The number of rotatable bonds is 4. The second kappa shape index (κ2) is 5.30. The van der Waals surface area contributed by atoms with Crippen LogP contribution in [0.2, 0.25) is 0 Å². The van der Waals surface area contributed by atoms with Crippen molar-refractivity contribution in [1.82, 2.24) is 15.0 Å². The van der Waals surface area contributed by atoms with E-state index in [1.807, 2.05) is 36.4 Å². The Bertz CT molecular complexity index is 903. The van der Waals surface area contributed by atoms with Gasteiger partial charge in [-0.1, -0.05) is 25.5 Å². The van der Waals surface area contributed by atoms with Crippen LogP contribution in [0, 0.1) is 0 Å². The number of para-hydroxylation sites is 2. The van der Waals surface area contributed by atoms with Crippen LogP contribution in [0.4, 0.5) is 0 Å². The summed E-state index contributed by atoms with van der Waals surface area (Å²) in [5.74, 6) is 1.69. The minimum Gasteiger partial charge on any atom is -0.436 e. The maximum atomic E-state index is 5.83. The van der Waals surface area contributed by atoms with Crippen molar-refractivity contribution in [2.24, 2.45) is 0 Å². The summed E-state index contributed by atoms with van der Waals surface area (Å²) >= 11 is 0. The molecular weight excluding hydrogens is 274 g/mol. The first-order valence-electron chi connectivity index (χ1n) is 7.68. The zero-order valence-corrected chi connectivity index (χ0v) is 12.5. The molecule has 4 aromatic rings.